The van der Waals surface area contributed by atoms with E-state index in [1.165, 1.54) is 18.4 Å². The van der Waals surface area contributed by atoms with Crippen LogP contribution in [0.3, 0.4) is 0 Å². The van der Waals surface area contributed by atoms with Crippen LogP contribution >= 0.6 is 0 Å². The summed E-state index contributed by atoms with van der Waals surface area (Å²) in [5, 5.41) is 13.9. The quantitative estimate of drug-likeness (QED) is 0.814. The largest absolute Gasteiger partial charge is 0.384 e. The van der Waals surface area contributed by atoms with E-state index in [0.717, 1.165) is 11.1 Å². The van der Waals surface area contributed by atoms with Gasteiger partial charge in [-0.1, -0.05) is 23.8 Å². The van der Waals surface area contributed by atoms with E-state index in [-0.39, 0.29) is 0 Å². The molecule has 1 aliphatic carbocycles. The van der Waals surface area contributed by atoms with Crippen LogP contribution < -0.4 is 5.32 Å². The zero-order chi connectivity index (χ0) is 11.8. The molecular formula is C14H21NO. The van der Waals surface area contributed by atoms with Gasteiger partial charge in [-0.15, -0.1) is 0 Å². The fourth-order valence-corrected chi connectivity index (χ4v) is 2.04. The first kappa shape index (κ1) is 11.6. The molecule has 88 valence electrons. The molecule has 0 heterocycles. The number of benzene rings is 1. The summed E-state index contributed by atoms with van der Waals surface area (Å²) in [4.78, 5) is 0. The van der Waals surface area contributed by atoms with Crippen molar-refractivity contribution in [3.8, 4) is 0 Å². The van der Waals surface area contributed by atoms with Crippen molar-refractivity contribution in [3.63, 3.8) is 0 Å². The minimum Gasteiger partial charge on any atom is -0.384 e. The molecule has 0 aliphatic heterocycles. The van der Waals surface area contributed by atoms with Crippen molar-refractivity contribution in [2.24, 2.45) is 0 Å². The molecule has 0 radical (unpaired) electrons. The van der Waals surface area contributed by atoms with Gasteiger partial charge in [-0.3, -0.25) is 0 Å². The molecule has 1 atom stereocenters. The molecule has 1 aliphatic rings. The van der Waals surface area contributed by atoms with Crippen molar-refractivity contribution >= 4 is 0 Å². The van der Waals surface area contributed by atoms with Gasteiger partial charge in [0.15, 0.2) is 0 Å². The van der Waals surface area contributed by atoms with Crippen LogP contribution in [0.5, 0.6) is 0 Å². The van der Waals surface area contributed by atoms with Crippen molar-refractivity contribution in [1.29, 1.82) is 0 Å². The molecule has 2 heteroatoms. The Hall–Kier alpha value is -0.860. The molecule has 1 unspecified atom stereocenters. The van der Waals surface area contributed by atoms with Gasteiger partial charge in [0.1, 0.15) is 0 Å². The summed E-state index contributed by atoms with van der Waals surface area (Å²) in [5.41, 5.74) is 2.64. The Balaban J connectivity index is 2.15. The maximum Gasteiger partial charge on any atom is 0.0995 e. The summed E-state index contributed by atoms with van der Waals surface area (Å²) in [5.74, 6) is 0. The highest BCUT2D eigenvalue weighted by Gasteiger charge is 2.28. The van der Waals surface area contributed by atoms with E-state index in [1.54, 1.807) is 0 Å². The Morgan fingerprint density at radius 3 is 2.69 bits per heavy atom. The monoisotopic (exact) mass is 219 g/mol. The van der Waals surface area contributed by atoms with E-state index < -0.39 is 5.60 Å². The predicted molar refractivity (Wildman–Crippen MR) is 66.5 cm³/mol. The summed E-state index contributed by atoms with van der Waals surface area (Å²) in [6.45, 7) is 6.65. The van der Waals surface area contributed by atoms with Gasteiger partial charge in [-0.05, 0) is 44.7 Å². The van der Waals surface area contributed by atoms with Crippen LogP contribution in [-0.4, -0.2) is 17.7 Å². The Labute approximate surface area is 97.7 Å². The van der Waals surface area contributed by atoms with Gasteiger partial charge < -0.3 is 10.4 Å². The zero-order valence-electron chi connectivity index (χ0n) is 10.4. The van der Waals surface area contributed by atoms with Gasteiger partial charge in [-0.25, -0.2) is 0 Å². The normalized spacial score (nSPS) is 19.5. The van der Waals surface area contributed by atoms with E-state index in [4.69, 9.17) is 0 Å². The fourth-order valence-electron chi connectivity index (χ4n) is 2.04. The van der Waals surface area contributed by atoms with Gasteiger partial charge in [0.05, 0.1) is 5.60 Å². The lowest BCUT2D eigenvalue weighted by Gasteiger charge is -2.26. The molecule has 2 nitrogen and oxygen atoms in total. The molecule has 0 amide bonds. The van der Waals surface area contributed by atoms with Crippen LogP contribution in [0.4, 0.5) is 0 Å². The number of rotatable bonds is 4. The highest BCUT2D eigenvalue weighted by atomic mass is 16.3. The Morgan fingerprint density at radius 1 is 1.38 bits per heavy atom. The SMILES string of the molecule is Cc1ccc(C)c(C(C)(O)CNC2CC2)c1. The van der Waals surface area contributed by atoms with Crippen LogP contribution in [-0.2, 0) is 5.60 Å². The number of hydrogen-bond donors (Lipinski definition) is 2. The number of hydrogen-bond acceptors (Lipinski definition) is 2. The first-order valence-electron chi connectivity index (χ1n) is 6.02. The summed E-state index contributed by atoms with van der Waals surface area (Å²) in [6.07, 6.45) is 2.51. The van der Waals surface area contributed by atoms with Crippen LogP contribution in [0, 0.1) is 13.8 Å². The maximum atomic E-state index is 10.5. The van der Waals surface area contributed by atoms with E-state index in [9.17, 15) is 5.11 Å². The van der Waals surface area contributed by atoms with E-state index in [1.807, 2.05) is 6.92 Å². The first-order chi connectivity index (χ1) is 7.49. The van der Waals surface area contributed by atoms with Crippen molar-refractivity contribution < 1.29 is 5.11 Å². The molecule has 16 heavy (non-hydrogen) atoms. The van der Waals surface area contributed by atoms with E-state index >= 15 is 0 Å². The minimum absolute atomic E-state index is 0.636. The first-order valence-corrected chi connectivity index (χ1v) is 6.02. The summed E-state index contributed by atoms with van der Waals surface area (Å²) in [7, 11) is 0. The van der Waals surface area contributed by atoms with Crippen molar-refractivity contribution in [1.82, 2.24) is 5.32 Å². The molecule has 1 fully saturated rings. The number of aryl methyl sites for hydroxylation is 2. The highest BCUT2D eigenvalue weighted by molar-refractivity contribution is 5.34. The molecule has 0 saturated heterocycles. The predicted octanol–water partition coefficient (Wildman–Crippen LogP) is 2.26. The number of aliphatic hydroxyl groups is 1. The van der Waals surface area contributed by atoms with Crippen molar-refractivity contribution in [2.45, 2.75) is 45.3 Å². The highest BCUT2D eigenvalue weighted by Crippen LogP contribution is 2.26. The molecule has 0 aromatic heterocycles. The smallest absolute Gasteiger partial charge is 0.0995 e. The lowest BCUT2D eigenvalue weighted by Crippen LogP contribution is -2.37. The molecule has 2 rings (SSSR count). The van der Waals surface area contributed by atoms with Crippen LogP contribution in [0.15, 0.2) is 18.2 Å². The van der Waals surface area contributed by atoms with Crippen molar-refractivity contribution in [2.75, 3.05) is 6.54 Å². The van der Waals surface area contributed by atoms with Gasteiger partial charge in [-0.2, -0.15) is 0 Å². The zero-order valence-corrected chi connectivity index (χ0v) is 10.4. The Bertz CT molecular complexity index is 380. The molecule has 2 N–H and O–H groups in total. The lowest BCUT2D eigenvalue weighted by molar-refractivity contribution is 0.0559. The summed E-state index contributed by atoms with van der Waals surface area (Å²) < 4.78 is 0. The Morgan fingerprint density at radius 2 is 2.06 bits per heavy atom. The average Bonchev–Trinajstić information content (AvgIpc) is 3.02. The van der Waals surface area contributed by atoms with Gasteiger partial charge in [0, 0.05) is 12.6 Å². The minimum atomic E-state index is -0.765. The molecule has 1 aromatic rings. The average molecular weight is 219 g/mol. The number of nitrogens with one attached hydrogen (secondary N) is 1. The lowest BCUT2D eigenvalue weighted by atomic mass is 9.90. The summed E-state index contributed by atoms with van der Waals surface area (Å²) >= 11 is 0. The third-order valence-electron chi connectivity index (χ3n) is 3.29. The van der Waals surface area contributed by atoms with Gasteiger partial charge in [0.2, 0.25) is 0 Å². The second kappa shape index (κ2) is 4.19. The topological polar surface area (TPSA) is 32.3 Å². The Kier molecular flexibility index (Phi) is 3.04. The third kappa shape index (κ3) is 2.63. The van der Waals surface area contributed by atoms with Gasteiger partial charge >= 0.3 is 0 Å². The standard InChI is InChI=1S/C14H21NO/c1-10-4-5-11(2)13(8-10)14(3,16)9-15-12-6-7-12/h4-5,8,12,15-16H,6-7,9H2,1-3H3. The van der Waals surface area contributed by atoms with Crippen LogP contribution in [0.1, 0.15) is 36.5 Å². The molecule has 1 aromatic carbocycles. The fraction of sp³-hybridized carbons (Fsp3) is 0.571. The molecular weight excluding hydrogens is 198 g/mol. The maximum absolute atomic E-state index is 10.5. The van der Waals surface area contributed by atoms with Crippen molar-refractivity contribution in [3.05, 3.63) is 34.9 Å². The molecule has 1 saturated carbocycles. The second-order valence-electron chi connectivity index (χ2n) is 5.25. The third-order valence-corrected chi connectivity index (χ3v) is 3.29. The van der Waals surface area contributed by atoms with Gasteiger partial charge in [0.25, 0.3) is 0 Å². The van der Waals surface area contributed by atoms with Crippen LogP contribution in [0.2, 0.25) is 0 Å². The second-order valence-corrected chi connectivity index (χ2v) is 5.25. The summed E-state index contributed by atoms with van der Waals surface area (Å²) in [6, 6.07) is 6.89. The van der Waals surface area contributed by atoms with E-state index in [0.29, 0.717) is 12.6 Å². The molecule has 0 spiro atoms. The van der Waals surface area contributed by atoms with Crippen LogP contribution in [0.25, 0.3) is 0 Å². The molecule has 0 bridgehead atoms. The van der Waals surface area contributed by atoms with E-state index in [2.05, 4.69) is 37.4 Å².